The summed E-state index contributed by atoms with van der Waals surface area (Å²) in [6, 6.07) is 12.9. The lowest BCUT2D eigenvalue weighted by Gasteiger charge is -2.31. The number of nitrogens with zero attached hydrogens (tertiary/aromatic N) is 1. The summed E-state index contributed by atoms with van der Waals surface area (Å²) >= 11 is 0. The Kier molecular flexibility index (Phi) is 8.35. The lowest BCUT2D eigenvalue weighted by Crippen LogP contribution is -2.49. The third kappa shape index (κ3) is 7.02. The van der Waals surface area contributed by atoms with Crippen molar-refractivity contribution < 1.29 is 19.0 Å². The number of aliphatic hydroxyl groups is 1. The fraction of sp³-hybridized carbons (Fsp3) is 0.519. The first kappa shape index (κ1) is 23.7. The highest BCUT2D eigenvalue weighted by Crippen LogP contribution is 2.25. The second kappa shape index (κ2) is 11.6. The average molecular weight is 455 g/mol. The monoisotopic (exact) mass is 454 g/mol. The highest BCUT2D eigenvalue weighted by molar-refractivity contribution is 5.94. The van der Waals surface area contributed by atoms with Crippen LogP contribution in [-0.4, -0.2) is 47.7 Å². The normalized spacial score (nSPS) is 22.5. The quantitative estimate of drug-likeness (QED) is 0.645. The van der Waals surface area contributed by atoms with Crippen molar-refractivity contribution in [1.29, 1.82) is 0 Å². The number of carbonyl (C=O) groups excluding carboxylic acids is 1. The summed E-state index contributed by atoms with van der Waals surface area (Å²) in [6.07, 6.45) is 7.74. The van der Waals surface area contributed by atoms with E-state index in [-0.39, 0.29) is 17.8 Å². The molecule has 0 spiro atoms. The molecule has 1 aliphatic carbocycles. The Morgan fingerprint density at radius 3 is 2.45 bits per heavy atom. The molecule has 0 radical (unpaired) electrons. The molecule has 0 bridgehead atoms. The molecule has 2 N–H and O–H groups in total. The summed E-state index contributed by atoms with van der Waals surface area (Å²) in [5.74, 6) is 0.936. The minimum atomic E-state index is -0.524. The largest absolute Gasteiger partial charge is 0.489 e. The maximum atomic E-state index is 13.0. The van der Waals surface area contributed by atoms with E-state index >= 15 is 0 Å². The van der Waals surface area contributed by atoms with Crippen LogP contribution in [0, 0.1) is 11.7 Å². The van der Waals surface area contributed by atoms with Gasteiger partial charge >= 0.3 is 0 Å². The summed E-state index contributed by atoms with van der Waals surface area (Å²) in [5, 5.41) is 13.7. The maximum absolute atomic E-state index is 13.0. The van der Waals surface area contributed by atoms with Gasteiger partial charge in [-0.05, 0) is 80.1 Å². The van der Waals surface area contributed by atoms with Gasteiger partial charge in [0, 0.05) is 18.7 Å². The van der Waals surface area contributed by atoms with Crippen molar-refractivity contribution in [3.05, 3.63) is 65.5 Å². The first-order valence-corrected chi connectivity index (χ1v) is 12.3. The second-order valence-electron chi connectivity index (χ2n) is 9.49. The zero-order valence-electron chi connectivity index (χ0n) is 19.2. The van der Waals surface area contributed by atoms with E-state index in [1.54, 1.807) is 36.4 Å². The van der Waals surface area contributed by atoms with Crippen molar-refractivity contribution >= 4 is 5.91 Å². The second-order valence-corrected chi connectivity index (χ2v) is 9.49. The summed E-state index contributed by atoms with van der Waals surface area (Å²) in [6.45, 7) is 3.08. The van der Waals surface area contributed by atoms with Gasteiger partial charge in [0.1, 0.15) is 18.2 Å². The molecule has 2 aliphatic rings. The number of ether oxygens (including phenoxy) is 1. The van der Waals surface area contributed by atoms with Gasteiger partial charge in [-0.1, -0.05) is 31.4 Å². The molecule has 1 amide bonds. The lowest BCUT2D eigenvalue weighted by molar-refractivity contribution is 0.0789. The van der Waals surface area contributed by atoms with E-state index in [0.29, 0.717) is 30.9 Å². The number of amides is 1. The van der Waals surface area contributed by atoms with E-state index in [1.165, 1.54) is 44.2 Å². The molecule has 1 aliphatic heterocycles. The van der Waals surface area contributed by atoms with Crippen LogP contribution in [0.3, 0.4) is 0 Å². The van der Waals surface area contributed by atoms with Gasteiger partial charge in [-0.25, -0.2) is 4.39 Å². The summed E-state index contributed by atoms with van der Waals surface area (Å²) < 4.78 is 18.8. The fourth-order valence-corrected chi connectivity index (χ4v) is 4.96. The zero-order chi connectivity index (χ0) is 23.0. The van der Waals surface area contributed by atoms with Gasteiger partial charge in [-0.2, -0.15) is 0 Å². The van der Waals surface area contributed by atoms with Crippen LogP contribution in [0.15, 0.2) is 48.5 Å². The summed E-state index contributed by atoms with van der Waals surface area (Å²) in [7, 11) is 0. The zero-order valence-corrected chi connectivity index (χ0v) is 19.2. The molecule has 33 heavy (non-hydrogen) atoms. The standard InChI is InChI=1S/C27H35FN2O3/c28-23-12-8-21(9-13-23)19-33-24-14-10-22(11-15-24)27(32)29-25-18-30(16-4-7-26(25)31)17-20-5-2-1-3-6-20/h8-15,20,25-26,31H,1-7,16-19H2,(H,29,32)/t25-,26+/m0/s1. The highest BCUT2D eigenvalue weighted by atomic mass is 19.1. The molecule has 4 rings (SSSR count). The third-order valence-electron chi connectivity index (χ3n) is 6.89. The number of hydrogen-bond acceptors (Lipinski definition) is 4. The molecule has 1 saturated heterocycles. The molecule has 6 heteroatoms. The Morgan fingerprint density at radius 1 is 1.00 bits per heavy atom. The van der Waals surface area contributed by atoms with Crippen molar-refractivity contribution in [1.82, 2.24) is 10.2 Å². The molecule has 0 unspecified atom stereocenters. The van der Waals surface area contributed by atoms with Gasteiger partial charge in [-0.15, -0.1) is 0 Å². The minimum Gasteiger partial charge on any atom is -0.489 e. The van der Waals surface area contributed by atoms with E-state index in [4.69, 9.17) is 4.74 Å². The van der Waals surface area contributed by atoms with Crippen molar-refractivity contribution in [2.24, 2.45) is 5.92 Å². The number of aliphatic hydroxyl groups excluding tert-OH is 1. The average Bonchev–Trinajstić information content (AvgIpc) is 3.00. The molecule has 1 heterocycles. The maximum Gasteiger partial charge on any atom is 0.251 e. The SMILES string of the molecule is O=C(N[C@H]1CN(CC2CCCCC2)CCC[C@H]1O)c1ccc(OCc2ccc(F)cc2)cc1. The fourth-order valence-electron chi connectivity index (χ4n) is 4.96. The molecule has 2 aromatic rings. The predicted molar refractivity (Wildman–Crippen MR) is 127 cm³/mol. The molecular weight excluding hydrogens is 419 g/mol. The van der Waals surface area contributed by atoms with Crippen molar-refractivity contribution in [2.75, 3.05) is 19.6 Å². The number of hydrogen-bond donors (Lipinski definition) is 2. The van der Waals surface area contributed by atoms with E-state index in [2.05, 4.69) is 10.2 Å². The van der Waals surface area contributed by atoms with E-state index in [1.807, 2.05) is 0 Å². The van der Waals surface area contributed by atoms with Crippen LogP contribution in [0.25, 0.3) is 0 Å². The molecule has 1 saturated carbocycles. The first-order chi connectivity index (χ1) is 16.1. The van der Waals surface area contributed by atoms with Crippen molar-refractivity contribution in [2.45, 2.75) is 63.7 Å². The topological polar surface area (TPSA) is 61.8 Å². The van der Waals surface area contributed by atoms with E-state index in [0.717, 1.165) is 31.0 Å². The van der Waals surface area contributed by atoms with Gasteiger partial charge in [0.25, 0.3) is 5.91 Å². The Balaban J connectivity index is 1.30. The number of halogens is 1. The van der Waals surface area contributed by atoms with Crippen molar-refractivity contribution in [3.8, 4) is 5.75 Å². The van der Waals surface area contributed by atoms with Crippen molar-refractivity contribution in [3.63, 3.8) is 0 Å². The van der Waals surface area contributed by atoms with Crippen LogP contribution in [0.1, 0.15) is 60.9 Å². The Labute approximate surface area is 195 Å². The molecule has 2 fully saturated rings. The molecule has 2 atom stereocenters. The Hall–Kier alpha value is -2.44. The van der Waals surface area contributed by atoms with Gasteiger partial charge in [0.2, 0.25) is 0 Å². The number of rotatable bonds is 7. The molecule has 0 aromatic heterocycles. The van der Waals surface area contributed by atoms with Crippen LogP contribution >= 0.6 is 0 Å². The number of benzene rings is 2. The Bertz CT molecular complexity index is 881. The third-order valence-corrected chi connectivity index (χ3v) is 6.89. The van der Waals surface area contributed by atoms with Crippen LogP contribution < -0.4 is 10.1 Å². The van der Waals surface area contributed by atoms with Gasteiger partial charge in [-0.3, -0.25) is 4.79 Å². The molecular formula is C27H35FN2O3. The van der Waals surface area contributed by atoms with E-state index in [9.17, 15) is 14.3 Å². The summed E-state index contributed by atoms with van der Waals surface area (Å²) in [4.78, 5) is 15.3. The van der Waals surface area contributed by atoms with Crippen LogP contribution in [0.4, 0.5) is 4.39 Å². The van der Waals surface area contributed by atoms with Gasteiger partial charge < -0.3 is 20.1 Å². The molecule has 2 aromatic carbocycles. The highest BCUT2D eigenvalue weighted by Gasteiger charge is 2.28. The Morgan fingerprint density at radius 2 is 1.73 bits per heavy atom. The molecule has 5 nitrogen and oxygen atoms in total. The number of carbonyl (C=O) groups is 1. The molecule has 178 valence electrons. The smallest absolute Gasteiger partial charge is 0.251 e. The predicted octanol–water partition coefficient (Wildman–Crippen LogP) is 4.54. The van der Waals surface area contributed by atoms with Gasteiger partial charge in [0.05, 0.1) is 12.1 Å². The lowest BCUT2D eigenvalue weighted by atomic mass is 9.89. The number of nitrogens with one attached hydrogen (secondary N) is 1. The number of likely N-dealkylation sites (tertiary alicyclic amines) is 1. The van der Waals surface area contributed by atoms with Crippen LogP contribution in [0.5, 0.6) is 5.75 Å². The minimum absolute atomic E-state index is 0.177. The first-order valence-electron chi connectivity index (χ1n) is 12.3. The summed E-state index contributed by atoms with van der Waals surface area (Å²) in [5.41, 5.74) is 1.41. The van der Waals surface area contributed by atoms with Gasteiger partial charge in [0.15, 0.2) is 0 Å². The van der Waals surface area contributed by atoms with Crippen LogP contribution in [-0.2, 0) is 6.61 Å². The van der Waals surface area contributed by atoms with E-state index < -0.39 is 6.10 Å². The van der Waals surface area contributed by atoms with Crippen LogP contribution in [0.2, 0.25) is 0 Å².